The van der Waals surface area contributed by atoms with Crippen LogP contribution in [0.15, 0.2) is 36.5 Å². The lowest BCUT2D eigenvalue weighted by molar-refractivity contribution is 0.00745. The standard InChI is InChI=1S/C14H16N2O/c15-11-6-8-17-13(9-11)12-5-1-3-10-4-2-7-16-14(10)12/h1-5,7,11,13H,6,8-9,15H2. The van der Waals surface area contributed by atoms with Crippen molar-refractivity contribution in [1.82, 2.24) is 4.98 Å². The molecule has 3 nitrogen and oxygen atoms in total. The Hall–Kier alpha value is -1.45. The van der Waals surface area contributed by atoms with Crippen LogP contribution in [0.5, 0.6) is 0 Å². The van der Waals surface area contributed by atoms with Gasteiger partial charge in [-0.3, -0.25) is 4.98 Å². The number of ether oxygens (including phenoxy) is 1. The largest absolute Gasteiger partial charge is 0.373 e. The highest BCUT2D eigenvalue weighted by Crippen LogP contribution is 2.31. The highest BCUT2D eigenvalue weighted by atomic mass is 16.5. The number of fused-ring (bicyclic) bond motifs is 1. The SMILES string of the molecule is NC1CCOC(c2cccc3cccnc23)C1. The second kappa shape index (κ2) is 4.43. The molecule has 17 heavy (non-hydrogen) atoms. The molecular weight excluding hydrogens is 212 g/mol. The third kappa shape index (κ3) is 2.04. The van der Waals surface area contributed by atoms with E-state index in [1.54, 1.807) is 0 Å². The number of nitrogens with two attached hydrogens (primary N) is 1. The third-order valence-corrected chi connectivity index (χ3v) is 3.34. The van der Waals surface area contributed by atoms with E-state index >= 15 is 0 Å². The molecule has 2 N–H and O–H groups in total. The molecule has 0 aliphatic carbocycles. The molecule has 2 atom stereocenters. The average molecular weight is 228 g/mol. The Balaban J connectivity index is 2.04. The van der Waals surface area contributed by atoms with Crippen molar-refractivity contribution in [1.29, 1.82) is 0 Å². The molecule has 1 aromatic heterocycles. The first-order valence-corrected chi connectivity index (χ1v) is 6.05. The van der Waals surface area contributed by atoms with E-state index in [1.807, 2.05) is 12.3 Å². The zero-order valence-corrected chi connectivity index (χ0v) is 9.67. The smallest absolute Gasteiger partial charge is 0.0860 e. The minimum atomic E-state index is 0.0948. The van der Waals surface area contributed by atoms with Crippen LogP contribution in [-0.4, -0.2) is 17.6 Å². The van der Waals surface area contributed by atoms with Crippen molar-refractivity contribution in [3.8, 4) is 0 Å². The molecule has 1 aliphatic heterocycles. The molecule has 2 unspecified atom stereocenters. The lowest BCUT2D eigenvalue weighted by Gasteiger charge is -2.27. The summed E-state index contributed by atoms with van der Waals surface area (Å²) in [5, 5.41) is 1.16. The fourth-order valence-electron chi connectivity index (χ4n) is 2.43. The number of rotatable bonds is 1. The first-order chi connectivity index (χ1) is 8.34. The lowest BCUT2D eigenvalue weighted by atomic mass is 9.96. The second-order valence-corrected chi connectivity index (χ2v) is 4.57. The van der Waals surface area contributed by atoms with Crippen LogP contribution in [0, 0.1) is 0 Å². The minimum Gasteiger partial charge on any atom is -0.373 e. The van der Waals surface area contributed by atoms with Gasteiger partial charge in [0, 0.05) is 29.8 Å². The van der Waals surface area contributed by atoms with Crippen LogP contribution < -0.4 is 5.73 Å². The molecule has 3 heteroatoms. The van der Waals surface area contributed by atoms with E-state index < -0.39 is 0 Å². The molecule has 1 saturated heterocycles. The van der Waals surface area contributed by atoms with Crippen LogP contribution in [0.3, 0.4) is 0 Å². The Morgan fingerprint density at radius 2 is 2.12 bits per heavy atom. The molecule has 88 valence electrons. The quantitative estimate of drug-likeness (QED) is 0.815. The fourth-order valence-corrected chi connectivity index (χ4v) is 2.43. The maximum absolute atomic E-state index is 6.01. The number of para-hydroxylation sites is 1. The summed E-state index contributed by atoms with van der Waals surface area (Å²) in [5.74, 6) is 0. The van der Waals surface area contributed by atoms with Crippen molar-refractivity contribution in [2.24, 2.45) is 5.73 Å². The maximum Gasteiger partial charge on any atom is 0.0860 e. The van der Waals surface area contributed by atoms with E-state index in [0.29, 0.717) is 0 Å². The van der Waals surface area contributed by atoms with Crippen LogP contribution >= 0.6 is 0 Å². The summed E-state index contributed by atoms with van der Waals surface area (Å²) in [4.78, 5) is 4.46. The molecule has 0 radical (unpaired) electrons. The monoisotopic (exact) mass is 228 g/mol. The Kier molecular flexibility index (Phi) is 2.79. The summed E-state index contributed by atoms with van der Waals surface area (Å²) in [6.07, 6.45) is 3.76. The summed E-state index contributed by atoms with van der Waals surface area (Å²) in [5.41, 5.74) is 8.21. The maximum atomic E-state index is 6.01. The van der Waals surface area contributed by atoms with Gasteiger partial charge in [-0.25, -0.2) is 0 Å². The molecule has 0 saturated carbocycles. The molecular formula is C14H16N2O. The number of aromatic nitrogens is 1. The molecule has 0 amide bonds. The van der Waals surface area contributed by atoms with Crippen LogP contribution in [0.4, 0.5) is 0 Å². The summed E-state index contributed by atoms with van der Waals surface area (Å²) in [6, 6.07) is 10.5. The number of benzene rings is 1. The molecule has 3 rings (SSSR count). The van der Waals surface area contributed by atoms with E-state index in [-0.39, 0.29) is 12.1 Å². The van der Waals surface area contributed by atoms with E-state index in [1.165, 1.54) is 5.56 Å². The van der Waals surface area contributed by atoms with Gasteiger partial charge in [-0.1, -0.05) is 24.3 Å². The summed E-state index contributed by atoms with van der Waals surface area (Å²) in [7, 11) is 0. The van der Waals surface area contributed by atoms with Gasteiger partial charge < -0.3 is 10.5 Å². The van der Waals surface area contributed by atoms with Crippen molar-refractivity contribution in [2.75, 3.05) is 6.61 Å². The first-order valence-electron chi connectivity index (χ1n) is 6.05. The highest BCUT2D eigenvalue weighted by molar-refractivity contribution is 5.81. The van der Waals surface area contributed by atoms with E-state index in [9.17, 15) is 0 Å². The number of hydrogen-bond acceptors (Lipinski definition) is 3. The topological polar surface area (TPSA) is 48.1 Å². The van der Waals surface area contributed by atoms with Crippen molar-refractivity contribution in [3.63, 3.8) is 0 Å². The molecule has 2 heterocycles. The van der Waals surface area contributed by atoms with Gasteiger partial charge in [-0.15, -0.1) is 0 Å². The summed E-state index contributed by atoms with van der Waals surface area (Å²) >= 11 is 0. The van der Waals surface area contributed by atoms with Gasteiger partial charge in [-0.05, 0) is 18.9 Å². The van der Waals surface area contributed by atoms with Gasteiger partial charge in [0.25, 0.3) is 0 Å². The van der Waals surface area contributed by atoms with Crippen molar-refractivity contribution < 1.29 is 4.74 Å². The predicted octanol–water partition coefficient (Wildman–Crippen LogP) is 2.41. The van der Waals surface area contributed by atoms with Crippen molar-refractivity contribution in [3.05, 3.63) is 42.1 Å². The van der Waals surface area contributed by atoms with E-state index in [4.69, 9.17) is 10.5 Å². The van der Waals surface area contributed by atoms with Gasteiger partial charge >= 0.3 is 0 Å². The predicted molar refractivity (Wildman–Crippen MR) is 67.6 cm³/mol. The summed E-state index contributed by atoms with van der Waals surface area (Å²) in [6.45, 7) is 0.745. The van der Waals surface area contributed by atoms with Gasteiger partial charge in [0.15, 0.2) is 0 Å². The van der Waals surface area contributed by atoms with Crippen LogP contribution in [0.25, 0.3) is 10.9 Å². The highest BCUT2D eigenvalue weighted by Gasteiger charge is 2.23. The van der Waals surface area contributed by atoms with Gasteiger partial charge in [0.05, 0.1) is 11.6 Å². The third-order valence-electron chi connectivity index (χ3n) is 3.34. The number of nitrogens with zero attached hydrogens (tertiary/aromatic N) is 1. The minimum absolute atomic E-state index is 0.0948. The van der Waals surface area contributed by atoms with Crippen LogP contribution in [0.2, 0.25) is 0 Å². The molecule has 0 bridgehead atoms. The normalized spacial score (nSPS) is 25.0. The molecule has 0 spiro atoms. The van der Waals surface area contributed by atoms with Gasteiger partial charge in [-0.2, -0.15) is 0 Å². The van der Waals surface area contributed by atoms with Gasteiger partial charge in [0.1, 0.15) is 0 Å². The molecule has 1 aromatic carbocycles. The van der Waals surface area contributed by atoms with Crippen molar-refractivity contribution in [2.45, 2.75) is 25.0 Å². The van der Waals surface area contributed by atoms with E-state index in [0.717, 1.165) is 30.4 Å². The second-order valence-electron chi connectivity index (χ2n) is 4.57. The molecule has 1 fully saturated rings. The Bertz CT molecular complexity index is 521. The average Bonchev–Trinajstić information content (AvgIpc) is 2.38. The van der Waals surface area contributed by atoms with Gasteiger partial charge in [0.2, 0.25) is 0 Å². The Morgan fingerprint density at radius 3 is 3.00 bits per heavy atom. The summed E-state index contributed by atoms with van der Waals surface area (Å²) < 4.78 is 5.82. The molecule has 2 aromatic rings. The number of hydrogen-bond donors (Lipinski definition) is 1. The lowest BCUT2D eigenvalue weighted by Crippen LogP contribution is -2.30. The number of pyridine rings is 1. The Labute approximate surface area is 101 Å². The molecule has 1 aliphatic rings. The van der Waals surface area contributed by atoms with Crippen LogP contribution in [0.1, 0.15) is 24.5 Å². The van der Waals surface area contributed by atoms with E-state index in [2.05, 4.69) is 29.2 Å². The Morgan fingerprint density at radius 1 is 1.24 bits per heavy atom. The first kappa shape index (κ1) is 10.7. The zero-order chi connectivity index (χ0) is 11.7. The van der Waals surface area contributed by atoms with Crippen molar-refractivity contribution >= 4 is 10.9 Å². The van der Waals surface area contributed by atoms with Crippen LogP contribution in [-0.2, 0) is 4.74 Å². The zero-order valence-electron chi connectivity index (χ0n) is 9.67. The fraction of sp³-hybridized carbons (Fsp3) is 0.357.